The summed E-state index contributed by atoms with van der Waals surface area (Å²) in [5.41, 5.74) is 3.19. The van der Waals surface area contributed by atoms with Gasteiger partial charge in [0.1, 0.15) is 0 Å². The molecule has 1 unspecified atom stereocenters. The van der Waals surface area contributed by atoms with Crippen LogP contribution in [0.3, 0.4) is 0 Å². The molecule has 1 aliphatic rings. The molecule has 1 N–H and O–H groups in total. The zero-order valence-corrected chi connectivity index (χ0v) is 9.80. The molecule has 0 spiro atoms. The molecule has 0 fully saturated rings. The Morgan fingerprint density at radius 2 is 2.14 bits per heavy atom. The van der Waals surface area contributed by atoms with Crippen molar-refractivity contribution in [1.29, 1.82) is 0 Å². The van der Waals surface area contributed by atoms with E-state index in [0.717, 1.165) is 12.8 Å². The van der Waals surface area contributed by atoms with Crippen molar-refractivity contribution in [3.05, 3.63) is 23.3 Å². The van der Waals surface area contributed by atoms with Crippen LogP contribution < -0.4 is 0 Å². The average molecular weight is 194 g/mol. The number of allylic oxidation sites excluding steroid dienone is 4. The van der Waals surface area contributed by atoms with Gasteiger partial charge in [0.05, 0.1) is 0 Å². The fourth-order valence-corrected chi connectivity index (χ4v) is 2.14. The zero-order chi connectivity index (χ0) is 10.8. The van der Waals surface area contributed by atoms with Gasteiger partial charge in [0.2, 0.25) is 0 Å². The van der Waals surface area contributed by atoms with Gasteiger partial charge in [-0.3, -0.25) is 0 Å². The van der Waals surface area contributed by atoms with Gasteiger partial charge in [0.15, 0.2) is 0 Å². The van der Waals surface area contributed by atoms with E-state index in [0.29, 0.717) is 5.92 Å². The minimum Gasteiger partial charge on any atom is -0.396 e. The van der Waals surface area contributed by atoms with Crippen molar-refractivity contribution in [2.45, 2.75) is 40.5 Å². The Balaban J connectivity index is 2.85. The smallest absolute Gasteiger partial charge is 0.0459 e. The molecule has 1 nitrogen and oxygen atoms in total. The maximum absolute atomic E-state index is 9.08. The van der Waals surface area contributed by atoms with E-state index >= 15 is 0 Å². The first-order chi connectivity index (χ1) is 6.47. The lowest BCUT2D eigenvalue weighted by Crippen LogP contribution is -2.20. The summed E-state index contributed by atoms with van der Waals surface area (Å²) in [6.07, 6.45) is 6.62. The molecule has 1 aliphatic carbocycles. The van der Waals surface area contributed by atoms with Crippen LogP contribution >= 0.6 is 0 Å². The van der Waals surface area contributed by atoms with Crippen molar-refractivity contribution in [3.8, 4) is 0 Å². The zero-order valence-electron chi connectivity index (χ0n) is 9.80. The van der Waals surface area contributed by atoms with E-state index in [1.54, 1.807) is 0 Å². The Hall–Kier alpha value is -0.560. The number of hydrogen-bond donors (Lipinski definition) is 1. The molecule has 0 saturated heterocycles. The van der Waals surface area contributed by atoms with E-state index in [2.05, 4.69) is 39.8 Å². The monoisotopic (exact) mass is 194 g/mol. The number of aliphatic hydroxyl groups excluding tert-OH is 1. The van der Waals surface area contributed by atoms with Gasteiger partial charge >= 0.3 is 0 Å². The quantitative estimate of drug-likeness (QED) is 0.731. The summed E-state index contributed by atoms with van der Waals surface area (Å²) in [4.78, 5) is 0. The number of aliphatic hydroxyl groups is 1. The van der Waals surface area contributed by atoms with Crippen LogP contribution in [-0.2, 0) is 0 Å². The highest BCUT2D eigenvalue weighted by atomic mass is 16.3. The predicted octanol–water partition coefficient (Wildman–Crippen LogP) is 3.31. The summed E-state index contributed by atoms with van der Waals surface area (Å²) >= 11 is 0. The van der Waals surface area contributed by atoms with Crippen molar-refractivity contribution in [3.63, 3.8) is 0 Å². The molecule has 0 radical (unpaired) electrons. The lowest BCUT2D eigenvalue weighted by Gasteiger charge is -2.33. The van der Waals surface area contributed by atoms with Gasteiger partial charge in [0.25, 0.3) is 0 Å². The highest BCUT2D eigenvalue weighted by Crippen LogP contribution is 2.39. The molecule has 0 saturated carbocycles. The third-order valence-corrected chi connectivity index (χ3v) is 3.15. The fraction of sp³-hybridized carbons (Fsp3) is 0.692. The van der Waals surface area contributed by atoms with Gasteiger partial charge in [-0.1, -0.05) is 44.1 Å². The van der Waals surface area contributed by atoms with Crippen molar-refractivity contribution in [1.82, 2.24) is 0 Å². The van der Waals surface area contributed by atoms with Gasteiger partial charge in [0, 0.05) is 6.61 Å². The number of hydrogen-bond acceptors (Lipinski definition) is 1. The summed E-state index contributed by atoms with van der Waals surface area (Å²) in [5.74, 6) is 0.380. The van der Waals surface area contributed by atoms with Crippen molar-refractivity contribution < 1.29 is 5.11 Å². The van der Waals surface area contributed by atoms with E-state index in [4.69, 9.17) is 5.11 Å². The minimum absolute atomic E-state index is 0.280. The molecule has 1 rings (SSSR count). The Bertz CT molecular complexity index is 258. The molecule has 0 heterocycles. The molecule has 0 aromatic heterocycles. The molecule has 0 aromatic rings. The molecular formula is C13H22O. The maximum Gasteiger partial charge on any atom is 0.0459 e. The molecule has 14 heavy (non-hydrogen) atoms. The Labute approximate surface area is 87.5 Å². The molecule has 1 atom stereocenters. The second-order valence-corrected chi connectivity index (χ2v) is 5.14. The summed E-state index contributed by atoms with van der Waals surface area (Å²) < 4.78 is 0. The van der Waals surface area contributed by atoms with E-state index in [1.165, 1.54) is 11.1 Å². The van der Waals surface area contributed by atoms with E-state index in [-0.39, 0.29) is 12.0 Å². The first-order valence-electron chi connectivity index (χ1n) is 5.45. The second kappa shape index (κ2) is 4.31. The predicted molar refractivity (Wildman–Crippen MR) is 61.1 cm³/mol. The lowest BCUT2D eigenvalue weighted by atomic mass is 9.73. The first kappa shape index (κ1) is 11.5. The topological polar surface area (TPSA) is 20.2 Å². The summed E-state index contributed by atoms with van der Waals surface area (Å²) in [7, 11) is 0. The lowest BCUT2D eigenvalue weighted by molar-refractivity contribution is 0.229. The summed E-state index contributed by atoms with van der Waals surface area (Å²) in [6.45, 7) is 9.15. The molecule has 0 aliphatic heterocycles. The Morgan fingerprint density at radius 1 is 1.50 bits per heavy atom. The molecule has 0 bridgehead atoms. The fourth-order valence-electron chi connectivity index (χ4n) is 2.14. The highest BCUT2D eigenvalue weighted by Gasteiger charge is 2.26. The minimum atomic E-state index is 0.280. The van der Waals surface area contributed by atoms with Gasteiger partial charge < -0.3 is 5.11 Å². The van der Waals surface area contributed by atoms with Crippen LogP contribution in [-0.4, -0.2) is 11.7 Å². The van der Waals surface area contributed by atoms with E-state index in [1.807, 2.05) is 0 Å². The largest absolute Gasteiger partial charge is 0.396 e. The van der Waals surface area contributed by atoms with Crippen molar-refractivity contribution >= 4 is 0 Å². The van der Waals surface area contributed by atoms with Crippen LogP contribution in [0.4, 0.5) is 0 Å². The Morgan fingerprint density at radius 3 is 2.64 bits per heavy atom. The van der Waals surface area contributed by atoms with Gasteiger partial charge in [-0.15, -0.1) is 0 Å². The van der Waals surface area contributed by atoms with Gasteiger partial charge in [-0.2, -0.15) is 0 Å². The van der Waals surface area contributed by atoms with Crippen LogP contribution in [0, 0.1) is 11.3 Å². The van der Waals surface area contributed by atoms with Gasteiger partial charge in [-0.05, 0) is 31.1 Å². The number of rotatable bonds is 3. The van der Waals surface area contributed by atoms with Gasteiger partial charge in [-0.25, -0.2) is 0 Å². The highest BCUT2D eigenvalue weighted by molar-refractivity contribution is 5.32. The van der Waals surface area contributed by atoms with Crippen LogP contribution in [0.25, 0.3) is 0 Å². The van der Waals surface area contributed by atoms with Crippen molar-refractivity contribution in [2.24, 2.45) is 11.3 Å². The molecule has 80 valence electrons. The van der Waals surface area contributed by atoms with Crippen LogP contribution in [0.5, 0.6) is 0 Å². The van der Waals surface area contributed by atoms with E-state index in [9.17, 15) is 0 Å². The molecule has 0 amide bonds. The SMILES string of the molecule is CC1=C(CC(C)CO)C(C)(C)CC=C1. The summed E-state index contributed by atoms with van der Waals surface area (Å²) in [6, 6.07) is 0. The molecule has 0 aromatic carbocycles. The maximum atomic E-state index is 9.08. The van der Waals surface area contributed by atoms with E-state index < -0.39 is 0 Å². The third kappa shape index (κ3) is 2.48. The summed E-state index contributed by atoms with van der Waals surface area (Å²) in [5, 5.41) is 9.08. The van der Waals surface area contributed by atoms with Crippen molar-refractivity contribution in [2.75, 3.05) is 6.61 Å². The average Bonchev–Trinajstić information content (AvgIpc) is 2.11. The van der Waals surface area contributed by atoms with Crippen LogP contribution in [0.1, 0.15) is 40.5 Å². The standard InChI is InChI=1S/C13H22O/c1-10(9-14)8-12-11(2)6-5-7-13(12,3)4/h5-6,10,14H,7-9H2,1-4H3. The first-order valence-corrected chi connectivity index (χ1v) is 5.45. The van der Waals surface area contributed by atoms with Crippen LogP contribution in [0.15, 0.2) is 23.3 Å². The normalized spacial score (nSPS) is 22.6. The third-order valence-electron chi connectivity index (χ3n) is 3.15. The Kier molecular flexibility index (Phi) is 3.54. The van der Waals surface area contributed by atoms with Crippen LogP contribution in [0.2, 0.25) is 0 Å². The second-order valence-electron chi connectivity index (χ2n) is 5.14. The molecule has 1 heteroatoms. The molecular weight excluding hydrogens is 172 g/mol.